The highest BCUT2D eigenvalue weighted by molar-refractivity contribution is 7.10. The fraction of sp³-hybridized carbons (Fsp3) is 0.714. The van der Waals surface area contributed by atoms with E-state index in [9.17, 15) is 0 Å². The SMILES string of the molecule is CCCNC(c1ccsc1C)C(C)(C)N(C)C. The lowest BCUT2D eigenvalue weighted by Gasteiger charge is -2.41. The van der Waals surface area contributed by atoms with Crippen LogP contribution in [0.2, 0.25) is 0 Å². The summed E-state index contributed by atoms with van der Waals surface area (Å²) >= 11 is 1.84. The molecule has 0 radical (unpaired) electrons. The third-order valence-corrected chi connectivity index (χ3v) is 4.53. The van der Waals surface area contributed by atoms with E-state index >= 15 is 0 Å². The maximum Gasteiger partial charge on any atom is 0.0512 e. The van der Waals surface area contributed by atoms with Gasteiger partial charge < -0.3 is 10.2 Å². The van der Waals surface area contributed by atoms with Crippen molar-refractivity contribution in [3.05, 3.63) is 21.9 Å². The van der Waals surface area contributed by atoms with Gasteiger partial charge in [-0.3, -0.25) is 0 Å². The van der Waals surface area contributed by atoms with E-state index in [0.717, 1.165) is 6.54 Å². The van der Waals surface area contributed by atoms with Crippen molar-refractivity contribution in [2.45, 2.75) is 45.7 Å². The number of hydrogen-bond acceptors (Lipinski definition) is 3. The van der Waals surface area contributed by atoms with Crippen molar-refractivity contribution in [3.8, 4) is 0 Å². The molecule has 1 heterocycles. The van der Waals surface area contributed by atoms with Gasteiger partial charge in [0, 0.05) is 10.4 Å². The van der Waals surface area contributed by atoms with Crippen LogP contribution in [-0.2, 0) is 0 Å². The number of nitrogens with one attached hydrogen (secondary N) is 1. The maximum absolute atomic E-state index is 3.70. The predicted molar refractivity (Wildman–Crippen MR) is 77.9 cm³/mol. The largest absolute Gasteiger partial charge is 0.308 e. The van der Waals surface area contributed by atoms with Gasteiger partial charge in [-0.05, 0) is 64.8 Å². The normalized spacial score (nSPS) is 14.3. The summed E-state index contributed by atoms with van der Waals surface area (Å²) in [4.78, 5) is 3.73. The molecular weight excluding hydrogens is 228 g/mol. The van der Waals surface area contributed by atoms with Gasteiger partial charge >= 0.3 is 0 Å². The summed E-state index contributed by atoms with van der Waals surface area (Å²) in [6, 6.07) is 2.65. The van der Waals surface area contributed by atoms with Gasteiger partial charge in [0.2, 0.25) is 0 Å². The summed E-state index contributed by atoms with van der Waals surface area (Å²) in [6.45, 7) is 10.1. The molecule has 1 aromatic rings. The van der Waals surface area contributed by atoms with Gasteiger partial charge in [0.15, 0.2) is 0 Å². The number of aryl methyl sites for hydroxylation is 1. The molecule has 3 heteroatoms. The standard InChI is InChI=1S/C14H26N2S/c1-7-9-15-13(14(3,4)16(5)6)12-8-10-17-11(12)2/h8,10,13,15H,7,9H2,1-6H3. The molecule has 0 bridgehead atoms. The van der Waals surface area contributed by atoms with Crippen molar-refractivity contribution >= 4 is 11.3 Å². The van der Waals surface area contributed by atoms with Gasteiger partial charge in [0.05, 0.1) is 6.04 Å². The number of nitrogens with zero attached hydrogens (tertiary/aromatic N) is 1. The summed E-state index contributed by atoms with van der Waals surface area (Å²) < 4.78 is 0. The van der Waals surface area contributed by atoms with Crippen LogP contribution < -0.4 is 5.32 Å². The number of thiophene rings is 1. The monoisotopic (exact) mass is 254 g/mol. The summed E-state index contributed by atoms with van der Waals surface area (Å²) in [5.74, 6) is 0. The van der Waals surface area contributed by atoms with E-state index in [1.165, 1.54) is 16.9 Å². The van der Waals surface area contributed by atoms with Crippen molar-refractivity contribution in [2.24, 2.45) is 0 Å². The first-order valence-corrected chi connectivity index (χ1v) is 7.24. The number of likely N-dealkylation sites (N-methyl/N-ethyl adjacent to an activating group) is 1. The average Bonchev–Trinajstić information content (AvgIpc) is 2.65. The van der Waals surface area contributed by atoms with E-state index in [1.807, 2.05) is 11.3 Å². The quantitative estimate of drug-likeness (QED) is 0.836. The number of hydrogen-bond donors (Lipinski definition) is 1. The van der Waals surface area contributed by atoms with Crippen molar-refractivity contribution in [1.82, 2.24) is 10.2 Å². The first kappa shape index (κ1) is 14.7. The molecule has 1 N–H and O–H groups in total. The maximum atomic E-state index is 3.70. The molecular formula is C14H26N2S. The molecule has 0 aliphatic heterocycles. The van der Waals surface area contributed by atoms with Gasteiger partial charge in [0.1, 0.15) is 0 Å². The Bertz CT molecular complexity index is 342. The van der Waals surface area contributed by atoms with Crippen molar-refractivity contribution in [3.63, 3.8) is 0 Å². The molecule has 0 amide bonds. The van der Waals surface area contributed by atoms with Crippen LogP contribution in [0.5, 0.6) is 0 Å². The Morgan fingerprint density at radius 3 is 2.47 bits per heavy atom. The van der Waals surface area contributed by atoms with E-state index < -0.39 is 0 Å². The zero-order valence-electron chi connectivity index (χ0n) is 12.0. The Balaban J connectivity index is 3.00. The van der Waals surface area contributed by atoms with Gasteiger partial charge in [-0.15, -0.1) is 11.3 Å². The molecule has 0 saturated heterocycles. The fourth-order valence-corrected chi connectivity index (χ4v) is 2.72. The van der Waals surface area contributed by atoms with Crippen LogP contribution in [0.25, 0.3) is 0 Å². The lowest BCUT2D eigenvalue weighted by Crippen LogP contribution is -2.49. The Hall–Kier alpha value is -0.380. The van der Waals surface area contributed by atoms with E-state index in [0.29, 0.717) is 6.04 Å². The minimum atomic E-state index is 0.112. The van der Waals surface area contributed by atoms with Crippen LogP contribution in [-0.4, -0.2) is 31.1 Å². The molecule has 17 heavy (non-hydrogen) atoms. The van der Waals surface area contributed by atoms with Gasteiger partial charge in [-0.25, -0.2) is 0 Å². The first-order chi connectivity index (χ1) is 7.91. The lowest BCUT2D eigenvalue weighted by molar-refractivity contribution is 0.138. The Morgan fingerprint density at radius 2 is 2.06 bits per heavy atom. The van der Waals surface area contributed by atoms with Gasteiger partial charge in [-0.2, -0.15) is 0 Å². The highest BCUT2D eigenvalue weighted by Crippen LogP contribution is 2.33. The summed E-state index contributed by atoms with van der Waals surface area (Å²) in [7, 11) is 4.31. The van der Waals surface area contributed by atoms with Crippen LogP contribution >= 0.6 is 11.3 Å². The lowest BCUT2D eigenvalue weighted by atomic mass is 9.87. The third kappa shape index (κ3) is 3.30. The van der Waals surface area contributed by atoms with E-state index in [-0.39, 0.29) is 5.54 Å². The molecule has 98 valence electrons. The highest BCUT2D eigenvalue weighted by atomic mass is 32.1. The van der Waals surface area contributed by atoms with Crippen LogP contribution in [0.15, 0.2) is 11.4 Å². The van der Waals surface area contributed by atoms with Crippen LogP contribution in [0.4, 0.5) is 0 Å². The van der Waals surface area contributed by atoms with Crippen LogP contribution in [0.3, 0.4) is 0 Å². The molecule has 0 aromatic carbocycles. The van der Waals surface area contributed by atoms with Crippen molar-refractivity contribution in [1.29, 1.82) is 0 Å². The van der Waals surface area contributed by atoms with Gasteiger partial charge in [0.25, 0.3) is 0 Å². The topological polar surface area (TPSA) is 15.3 Å². The minimum Gasteiger partial charge on any atom is -0.308 e. The Labute approximate surface area is 110 Å². The van der Waals surface area contributed by atoms with E-state index in [4.69, 9.17) is 0 Å². The molecule has 1 aromatic heterocycles. The minimum absolute atomic E-state index is 0.112. The Kier molecular flexibility index (Phi) is 5.17. The zero-order chi connectivity index (χ0) is 13.1. The van der Waals surface area contributed by atoms with Crippen LogP contribution in [0.1, 0.15) is 43.7 Å². The summed E-state index contributed by atoms with van der Waals surface area (Å²) in [5, 5.41) is 5.89. The molecule has 2 nitrogen and oxygen atoms in total. The first-order valence-electron chi connectivity index (χ1n) is 6.36. The molecule has 1 rings (SSSR count). The van der Waals surface area contributed by atoms with Gasteiger partial charge in [-0.1, -0.05) is 6.92 Å². The predicted octanol–water partition coefficient (Wildman–Crippen LogP) is 3.44. The highest BCUT2D eigenvalue weighted by Gasteiger charge is 2.33. The molecule has 0 aliphatic carbocycles. The second kappa shape index (κ2) is 5.98. The van der Waals surface area contributed by atoms with E-state index in [2.05, 4.69) is 63.5 Å². The second-order valence-corrected chi connectivity index (χ2v) is 6.49. The molecule has 0 saturated carbocycles. The molecule has 1 atom stereocenters. The van der Waals surface area contributed by atoms with Crippen molar-refractivity contribution < 1.29 is 0 Å². The summed E-state index contributed by atoms with van der Waals surface area (Å²) in [6.07, 6.45) is 1.17. The second-order valence-electron chi connectivity index (χ2n) is 5.37. The molecule has 0 fully saturated rings. The smallest absolute Gasteiger partial charge is 0.0512 e. The summed E-state index contributed by atoms with van der Waals surface area (Å²) in [5.41, 5.74) is 1.56. The fourth-order valence-electron chi connectivity index (χ4n) is 1.98. The van der Waals surface area contributed by atoms with Crippen molar-refractivity contribution in [2.75, 3.05) is 20.6 Å². The van der Waals surface area contributed by atoms with E-state index in [1.54, 1.807) is 0 Å². The average molecular weight is 254 g/mol. The van der Waals surface area contributed by atoms with Crippen LogP contribution in [0, 0.1) is 6.92 Å². The molecule has 0 aliphatic rings. The number of rotatable bonds is 6. The zero-order valence-corrected chi connectivity index (χ0v) is 12.8. The molecule has 1 unspecified atom stereocenters. The third-order valence-electron chi connectivity index (χ3n) is 3.67. The Morgan fingerprint density at radius 1 is 1.41 bits per heavy atom. The molecule has 0 spiro atoms.